The zero-order valence-corrected chi connectivity index (χ0v) is 19.3. The molecule has 4 rings (SSSR count). The molecule has 2 aromatic carbocycles. The van der Waals surface area contributed by atoms with Crippen molar-refractivity contribution in [2.24, 2.45) is 5.92 Å². The molecule has 1 fully saturated rings. The summed E-state index contributed by atoms with van der Waals surface area (Å²) in [5.41, 5.74) is 4.05. The molecule has 0 bridgehead atoms. The summed E-state index contributed by atoms with van der Waals surface area (Å²) in [5, 5.41) is 16.3. The van der Waals surface area contributed by atoms with Crippen LogP contribution in [0.3, 0.4) is 0 Å². The zero-order valence-electron chi connectivity index (χ0n) is 18.5. The third kappa shape index (κ3) is 6.97. The molecule has 2 aliphatic rings. The third-order valence-electron chi connectivity index (χ3n) is 5.84. The van der Waals surface area contributed by atoms with E-state index < -0.39 is 11.9 Å². The molecule has 32 heavy (non-hydrogen) atoms. The lowest BCUT2D eigenvalue weighted by Gasteiger charge is -2.31. The Labute approximate surface area is 194 Å². The van der Waals surface area contributed by atoms with E-state index in [1.807, 2.05) is 11.8 Å². The molecule has 2 N–H and O–H groups in total. The van der Waals surface area contributed by atoms with Crippen molar-refractivity contribution in [3.8, 4) is 0 Å². The summed E-state index contributed by atoms with van der Waals surface area (Å²) in [6, 6.07) is 17.4. The number of carboxylic acids is 2. The highest BCUT2D eigenvalue weighted by molar-refractivity contribution is 7.99. The van der Waals surface area contributed by atoms with Gasteiger partial charge in [-0.15, -0.1) is 0 Å². The smallest absolute Gasteiger partial charge is 0.303 e. The van der Waals surface area contributed by atoms with Gasteiger partial charge in [-0.2, -0.15) is 0 Å². The molecule has 170 valence electrons. The zero-order chi connectivity index (χ0) is 22.9. The second-order valence-electron chi connectivity index (χ2n) is 8.24. The Hall–Kier alpha value is -2.57. The van der Waals surface area contributed by atoms with Crippen molar-refractivity contribution < 1.29 is 19.8 Å². The average molecular weight is 454 g/mol. The molecule has 0 aromatic heterocycles. The van der Waals surface area contributed by atoms with Crippen LogP contribution in [0.4, 0.5) is 0 Å². The Kier molecular flexibility index (Phi) is 8.94. The largest absolute Gasteiger partial charge is 0.481 e. The topological polar surface area (TPSA) is 77.8 Å². The van der Waals surface area contributed by atoms with Gasteiger partial charge in [0.05, 0.1) is 0 Å². The fourth-order valence-corrected chi connectivity index (χ4v) is 5.36. The van der Waals surface area contributed by atoms with Crippen LogP contribution in [0.5, 0.6) is 0 Å². The van der Waals surface area contributed by atoms with E-state index >= 15 is 0 Å². The second-order valence-corrected chi connectivity index (χ2v) is 9.32. The molecule has 2 aromatic rings. The van der Waals surface area contributed by atoms with Gasteiger partial charge in [-0.3, -0.25) is 9.59 Å². The van der Waals surface area contributed by atoms with Crippen molar-refractivity contribution in [1.82, 2.24) is 4.90 Å². The molecular formula is C26H31NO4S. The predicted molar refractivity (Wildman–Crippen MR) is 128 cm³/mol. The number of rotatable bonds is 6. The molecule has 2 heterocycles. The van der Waals surface area contributed by atoms with Crippen LogP contribution >= 0.6 is 11.8 Å². The van der Waals surface area contributed by atoms with Gasteiger partial charge in [-0.1, -0.05) is 54.2 Å². The molecule has 5 nitrogen and oxygen atoms in total. The quantitative estimate of drug-likeness (QED) is 0.503. The standard InChI is InChI=1S/C24H27NO2S.C2H4O2/c26-24(27)12-11-18-13-16-25(17-14-18)15-5-8-19-20-6-1-3-9-22(20)28-23-10-4-2-7-21(19)23;1-2(3)4/h1-4,6-10,18H,5,11-17H2,(H,26,27);1H3,(H,3,4). The number of hydrogen-bond acceptors (Lipinski definition) is 4. The van der Waals surface area contributed by atoms with Crippen LogP contribution < -0.4 is 0 Å². The van der Waals surface area contributed by atoms with E-state index in [0.717, 1.165) is 52.2 Å². The van der Waals surface area contributed by atoms with E-state index in [0.29, 0.717) is 12.3 Å². The van der Waals surface area contributed by atoms with Gasteiger partial charge in [0.15, 0.2) is 0 Å². The summed E-state index contributed by atoms with van der Waals surface area (Å²) in [4.78, 5) is 25.0. The molecule has 0 saturated carbocycles. The molecule has 0 radical (unpaired) electrons. The van der Waals surface area contributed by atoms with Gasteiger partial charge >= 0.3 is 5.97 Å². The molecule has 0 amide bonds. The first-order chi connectivity index (χ1) is 15.4. The van der Waals surface area contributed by atoms with E-state index in [-0.39, 0.29) is 0 Å². The van der Waals surface area contributed by atoms with Crippen molar-refractivity contribution in [2.75, 3.05) is 19.6 Å². The minimum absolute atomic E-state index is 0.313. The molecular weight excluding hydrogens is 422 g/mol. The van der Waals surface area contributed by atoms with Crippen LogP contribution in [0.2, 0.25) is 0 Å². The number of carboxylic acid groups (broad SMARTS) is 2. The highest BCUT2D eigenvalue weighted by Crippen LogP contribution is 2.45. The number of likely N-dealkylation sites (tertiary alicyclic amines) is 1. The lowest BCUT2D eigenvalue weighted by atomic mass is 9.92. The number of hydrogen-bond donors (Lipinski definition) is 2. The summed E-state index contributed by atoms with van der Waals surface area (Å²) < 4.78 is 0. The summed E-state index contributed by atoms with van der Waals surface area (Å²) in [5.74, 6) is -0.917. The van der Waals surface area contributed by atoms with Crippen molar-refractivity contribution in [1.29, 1.82) is 0 Å². The molecule has 0 atom stereocenters. The predicted octanol–water partition coefficient (Wildman–Crippen LogP) is 5.64. The van der Waals surface area contributed by atoms with Crippen LogP contribution in [0.1, 0.15) is 50.2 Å². The van der Waals surface area contributed by atoms with E-state index in [4.69, 9.17) is 15.0 Å². The first-order valence-corrected chi connectivity index (χ1v) is 12.0. The van der Waals surface area contributed by atoms with Gasteiger partial charge in [0.1, 0.15) is 0 Å². The van der Waals surface area contributed by atoms with Crippen molar-refractivity contribution in [3.63, 3.8) is 0 Å². The summed E-state index contributed by atoms with van der Waals surface area (Å²) in [7, 11) is 0. The van der Waals surface area contributed by atoms with E-state index in [2.05, 4.69) is 59.5 Å². The van der Waals surface area contributed by atoms with Crippen LogP contribution in [-0.4, -0.2) is 46.7 Å². The molecule has 0 unspecified atom stereocenters. The lowest BCUT2D eigenvalue weighted by Crippen LogP contribution is -2.34. The third-order valence-corrected chi connectivity index (χ3v) is 6.99. The Morgan fingerprint density at radius 1 is 1.00 bits per heavy atom. The van der Waals surface area contributed by atoms with Gasteiger partial charge in [-0.05, 0) is 73.5 Å². The van der Waals surface area contributed by atoms with Gasteiger partial charge in [0.2, 0.25) is 0 Å². The van der Waals surface area contributed by atoms with Crippen LogP contribution in [0.15, 0.2) is 64.4 Å². The van der Waals surface area contributed by atoms with Crippen LogP contribution in [0, 0.1) is 5.92 Å². The Morgan fingerprint density at radius 3 is 2.06 bits per heavy atom. The number of aliphatic carboxylic acids is 2. The summed E-state index contributed by atoms with van der Waals surface area (Å²) in [6.45, 7) is 4.35. The van der Waals surface area contributed by atoms with Gasteiger partial charge in [-0.25, -0.2) is 0 Å². The maximum absolute atomic E-state index is 10.8. The number of benzene rings is 2. The van der Waals surface area contributed by atoms with Crippen molar-refractivity contribution in [2.45, 2.75) is 48.8 Å². The van der Waals surface area contributed by atoms with Gasteiger partial charge < -0.3 is 15.1 Å². The minimum atomic E-state index is -0.833. The molecule has 0 aliphatic carbocycles. The van der Waals surface area contributed by atoms with Gasteiger partial charge in [0, 0.05) is 29.7 Å². The maximum Gasteiger partial charge on any atom is 0.303 e. The summed E-state index contributed by atoms with van der Waals surface area (Å²) >= 11 is 1.86. The summed E-state index contributed by atoms with van der Waals surface area (Å²) in [6.07, 6.45) is 6.86. The monoisotopic (exact) mass is 453 g/mol. The van der Waals surface area contributed by atoms with E-state index in [1.54, 1.807) is 0 Å². The highest BCUT2D eigenvalue weighted by Gasteiger charge is 2.21. The Bertz CT molecular complexity index is 912. The molecule has 1 saturated heterocycles. The Morgan fingerprint density at radius 2 is 1.53 bits per heavy atom. The Balaban J connectivity index is 0.000000668. The number of nitrogens with zero attached hydrogens (tertiary/aromatic N) is 1. The lowest BCUT2D eigenvalue weighted by molar-refractivity contribution is -0.137. The number of carbonyl (C=O) groups is 2. The average Bonchev–Trinajstić information content (AvgIpc) is 2.77. The number of piperidine rings is 1. The first-order valence-electron chi connectivity index (χ1n) is 11.1. The van der Waals surface area contributed by atoms with Crippen LogP contribution in [0.25, 0.3) is 5.57 Å². The first kappa shape index (κ1) is 24.1. The second kappa shape index (κ2) is 11.9. The van der Waals surface area contributed by atoms with E-state index in [9.17, 15) is 4.79 Å². The number of fused-ring (bicyclic) bond motifs is 2. The van der Waals surface area contributed by atoms with Crippen molar-refractivity contribution >= 4 is 29.3 Å². The fraction of sp³-hybridized carbons (Fsp3) is 0.385. The normalized spacial score (nSPS) is 15.7. The highest BCUT2D eigenvalue weighted by atomic mass is 32.2. The van der Waals surface area contributed by atoms with Crippen LogP contribution in [-0.2, 0) is 9.59 Å². The van der Waals surface area contributed by atoms with E-state index in [1.165, 1.54) is 26.5 Å². The fourth-order valence-electron chi connectivity index (χ4n) is 4.26. The van der Waals surface area contributed by atoms with Gasteiger partial charge in [0.25, 0.3) is 5.97 Å². The molecule has 2 aliphatic heterocycles. The SMILES string of the molecule is CC(=O)O.O=C(O)CCC1CCN(CCC=C2c3ccccc3Sc3ccccc32)CC1. The molecule has 6 heteroatoms. The van der Waals surface area contributed by atoms with Crippen molar-refractivity contribution in [3.05, 3.63) is 65.7 Å². The maximum atomic E-state index is 10.8. The molecule has 0 spiro atoms. The minimum Gasteiger partial charge on any atom is -0.481 e.